The molecule has 0 N–H and O–H groups in total. The van der Waals surface area contributed by atoms with Gasteiger partial charge in [-0.25, -0.2) is 0 Å². The Balaban J connectivity index is 0.000000204. The topological polar surface area (TPSA) is 38.9 Å². The Bertz CT molecular complexity index is 2150. The molecule has 0 fully saturated rings. The van der Waals surface area contributed by atoms with E-state index < -0.39 is 20.6 Å². The Labute approximate surface area is 266 Å². The molecule has 0 aliphatic heterocycles. The molecule has 41 heavy (non-hydrogen) atoms. The maximum Gasteiger partial charge on any atom is 0.135 e. The van der Waals surface area contributed by atoms with Crippen LogP contribution in [-0.4, -0.2) is 9.97 Å². The Morgan fingerprint density at radius 2 is 1.24 bits per heavy atom. The number of hydrogen-bond acceptors (Lipinski definition) is 3. The number of aryl methyl sites for hydroxylation is 3. The van der Waals surface area contributed by atoms with Gasteiger partial charge >= 0.3 is 0 Å². The normalized spacial score (nSPS) is 14.8. The third kappa shape index (κ3) is 6.20. The van der Waals surface area contributed by atoms with Crippen LogP contribution in [0.1, 0.15) is 29.0 Å². The summed E-state index contributed by atoms with van der Waals surface area (Å²) in [5.74, 6) is 0. The van der Waals surface area contributed by atoms with Gasteiger partial charge in [0.05, 0.1) is 0 Å². The van der Waals surface area contributed by atoms with E-state index in [-0.39, 0.29) is 36.8 Å². The molecule has 203 valence electrons. The third-order valence-corrected chi connectivity index (χ3v) is 6.42. The summed E-state index contributed by atoms with van der Waals surface area (Å²) in [5.41, 5.74) is 7.13. The number of fused-ring (bicyclic) bond motifs is 3. The van der Waals surface area contributed by atoms with Crippen molar-refractivity contribution in [3.05, 3.63) is 144 Å². The monoisotopic (exact) mass is 718 g/mol. The van der Waals surface area contributed by atoms with Gasteiger partial charge < -0.3 is 14.4 Å². The van der Waals surface area contributed by atoms with Crippen LogP contribution in [0.4, 0.5) is 0 Å². The molecule has 4 heteroatoms. The van der Waals surface area contributed by atoms with Crippen LogP contribution in [0.2, 0.25) is 0 Å². The second kappa shape index (κ2) is 12.4. The molecule has 0 amide bonds. The van der Waals surface area contributed by atoms with Crippen LogP contribution in [0.5, 0.6) is 0 Å². The van der Waals surface area contributed by atoms with Crippen molar-refractivity contribution >= 4 is 21.9 Å². The number of hydrogen-bond donors (Lipinski definition) is 0. The van der Waals surface area contributed by atoms with Crippen molar-refractivity contribution < 1.29 is 36.9 Å². The predicted molar refractivity (Wildman–Crippen MR) is 164 cm³/mol. The van der Waals surface area contributed by atoms with Gasteiger partial charge in [0.2, 0.25) is 0 Å². The Morgan fingerprint density at radius 1 is 0.610 bits per heavy atom. The van der Waals surface area contributed by atoms with E-state index in [4.69, 9.17) is 16.8 Å². The summed E-state index contributed by atoms with van der Waals surface area (Å²) in [4.78, 5) is 8.37. The Morgan fingerprint density at radius 3 is 1.83 bits per heavy atom. The molecule has 0 saturated heterocycles. The maximum atomic E-state index is 7.46. The van der Waals surface area contributed by atoms with Gasteiger partial charge in [0.25, 0.3) is 0 Å². The zero-order chi connectivity index (χ0) is 35.0. The molecule has 4 aromatic carbocycles. The van der Waals surface area contributed by atoms with E-state index in [0.29, 0.717) is 17.0 Å². The molecule has 0 aliphatic rings. The first-order valence-electron chi connectivity index (χ1n) is 17.1. The second-order valence-electron chi connectivity index (χ2n) is 9.12. The van der Waals surface area contributed by atoms with Gasteiger partial charge in [-0.1, -0.05) is 67.0 Å². The molecule has 0 unspecified atom stereocenters. The quantitative estimate of drug-likeness (QED) is 0.171. The molecular formula is C37H28IrN2O-2. The van der Waals surface area contributed by atoms with E-state index in [1.807, 2.05) is 48.5 Å². The van der Waals surface area contributed by atoms with E-state index in [9.17, 15) is 0 Å². The largest absolute Gasteiger partial charge is 0.456 e. The van der Waals surface area contributed by atoms with Gasteiger partial charge in [-0.2, -0.15) is 0 Å². The summed E-state index contributed by atoms with van der Waals surface area (Å²) in [6.45, 7) is -6.49. The minimum atomic E-state index is -2.18. The zero-order valence-electron chi connectivity index (χ0n) is 30.6. The summed E-state index contributed by atoms with van der Waals surface area (Å²) >= 11 is 0. The smallest absolute Gasteiger partial charge is 0.135 e. The molecule has 3 aromatic heterocycles. The number of furan rings is 1. The molecule has 0 saturated carbocycles. The molecule has 3 nitrogen and oxygen atoms in total. The van der Waals surface area contributed by atoms with Gasteiger partial charge in [0.15, 0.2) is 0 Å². The molecule has 3 heterocycles. The SMILES string of the molecule is [2H]C([2H])([2H])c1c[c-]c(-c2ccc(C([2H])([2H])[2H])cn2)cc1.[2H]C([2H])([2H])c1ccc(-c2[c-]cc(-c3cccc4oc5ccccc5c34)cc2)nc1.[Ir]. The average Bonchev–Trinajstić information content (AvgIpc) is 3.47. The predicted octanol–water partition coefficient (Wildman–Crippen LogP) is 9.59. The summed E-state index contributed by atoms with van der Waals surface area (Å²) in [6, 6.07) is 37.0. The number of rotatable bonds is 3. The van der Waals surface area contributed by atoms with E-state index in [1.54, 1.807) is 24.3 Å². The number of nitrogens with zero attached hydrogens (tertiary/aromatic N) is 2. The molecule has 1 radical (unpaired) electrons. The average molecular weight is 718 g/mol. The van der Waals surface area contributed by atoms with Gasteiger partial charge in [0.1, 0.15) is 11.2 Å². The van der Waals surface area contributed by atoms with E-state index >= 15 is 0 Å². The zero-order valence-corrected chi connectivity index (χ0v) is 24.0. The van der Waals surface area contributed by atoms with Crippen molar-refractivity contribution in [2.45, 2.75) is 20.6 Å². The molecule has 0 aliphatic carbocycles. The van der Waals surface area contributed by atoms with Gasteiger partial charge in [0, 0.05) is 55.6 Å². The molecular weight excluding hydrogens is 681 g/mol. The van der Waals surface area contributed by atoms with Crippen molar-refractivity contribution in [2.75, 3.05) is 0 Å². The van der Waals surface area contributed by atoms with Crippen molar-refractivity contribution in [3.8, 4) is 33.6 Å². The first-order chi connectivity index (χ1) is 23.2. The summed E-state index contributed by atoms with van der Waals surface area (Å²) < 4.78 is 72.0. The minimum absolute atomic E-state index is 0. The first-order valence-corrected chi connectivity index (χ1v) is 12.6. The first kappa shape index (κ1) is 18.9. The number of benzene rings is 4. The van der Waals surface area contributed by atoms with E-state index in [2.05, 4.69) is 34.2 Å². The van der Waals surface area contributed by atoms with Crippen molar-refractivity contribution in [1.82, 2.24) is 9.97 Å². The van der Waals surface area contributed by atoms with Crippen LogP contribution in [0.3, 0.4) is 0 Å². The van der Waals surface area contributed by atoms with Crippen LogP contribution >= 0.6 is 0 Å². The van der Waals surface area contributed by atoms with Crippen molar-refractivity contribution in [1.29, 1.82) is 0 Å². The Kier molecular flexibility index (Phi) is 5.72. The van der Waals surface area contributed by atoms with Crippen LogP contribution in [0, 0.1) is 32.7 Å². The van der Waals surface area contributed by atoms with E-state index in [0.717, 1.165) is 38.6 Å². The van der Waals surface area contributed by atoms with Gasteiger partial charge in [-0.05, 0) is 53.9 Å². The third-order valence-electron chi connectivity index (χ3n) is 6.42. The minimum Gasteiger partial charge on any atom is -0.456 e. The summed E-state index contributed by atoms with van der Waals surface area (Å²) in [6.07, 6.45) is 2.70. The van der Waals surface area contributed by atoms with Gasteiger partial charge in [-0.15, -0.1) is 65.2 Å². The van der Waals surface area contributed by atoms with Crippen LogP contribution in [0.25, 0.3) is 55.6 Å². The fourth-order valence-electron chi connectivity index (χ4n) is 4.46. The molecule has 7 aromatic rings. The van der Waals surface area contributed by atoms with Crippen LogP contribution in [-0.2, 0) is 20.1 Å². The Hall–Kier alpha value is -4.37. The number of pyridine rings is 2. The standard InChI is InChI=1S/C24H16NO.C13H12N.Ir/c1-16-9-14-21(25-15-16)18-12-10-17(11-13-18)19-6-4-8-23-24(19)20-5-2-3-7-22(20)26-23;1-10-3-6-12(7-4-10)13-8-5-11(2)9-14-13;/h2-12,14-15H,1H3;3-6,8-9H,1-2H3;/q2*-1;/i1D3;1D3,2D3;. The van der Waals surface area contributed by atoms with Gasteiger partial charge in [-0.3, -0.25) is 0 Å². The van der Waals surface area contributed by atoms with E-state index in [1.165, 1.54) is 30.6 Å². The van der Waals surface area contributed by atoms with Crippen molar-refractivity contribution in [2.24, 2.45) is 0 Å². The second-order valence-corrected chi connectivity index (χ2v) is 9.12. The summed E-state index contributed by atoms with van der Waals surface area (Å²) in [5, 5.41) is 2.17. The van der Waals surface area contributed by atoms with Crippen LogP contribution < -0.4 is 0 Å². The van der Waals surface area contributed by atoms with Crippen LogP contribution in [0.15, 0.2) is 120 Å². The number of aromatic nitrogens is 2. The fraction of sp³-hybridized carbons (Fsp3) is 0.0811. The number of para-hydroxylation sites is 1. The summed E-state index contributed by atoms with van der Waals surface area (Å²) in [7, 11) is 0. The fourth-order valence-corrected chi connectivity index (χ4v) is 4.46. The van der Waals surface area contributed by atoms with Crippen molar-refractivity contribution in [3.63, 3.8) is 0 Å². The molecule has 0 spiro atoms. The molecule has 7 rings (SSSR count). The molecule has 0 atom stereocenters. The maximum absolute atomic E-state index is 7.46. The molecule has 0 bridgehead atoms.